The summed E-state index contributed by atoms with van der Waals surface area (Å²) in [6.45, 7) is 2.61. The molecule has 0 aliphatic rings. The highest BCUT2D eigenvalue weighted by molar-refractivity contribution is 5.90. The highest BCUT2D eigenvalue weighted by Gasteiger charge is 2.07. The summed E-state index contributed by atoms with van der Waals surface area (Å²) >= 11 is 0. The van der Waals surface area contributed by atoms with Crippen molar-refractivity contribution in [2.24, 2.45) is 0 Å². The number of hydrogen-bond acceptors (Lipinski definition) is 4. The van der Waals surface area contributed by atoms with Crippen molar-refractivity contribution in [3.05, 3.63) is 47.3 Å². The van der Waals surface area contributed by atoms with Crippen LogP contribution in [0.3, 0.4) is 0 Å². The fourth-order valence-electron chi connectivity index (χ4n) is 1.68. The van der Waals surface area contributed by atoms with E-state index in [1.165, 1.54) is 7.11 Å². The Morgan fingerprint density at radius 1 is 1.44 bits per heavy atom. The lowest BCUT2D eigenvalue weighted by molar-refractivity contribution is 0.0600. The van der Waals surface area contributed by atoms with Gasteiger partial charge >= 0.3 is 5.97 Å². The van der Waals surface area contributed by atoms with Gasteiger partial charge in [0.25, 0.3) is 0 Å². The van der Waals surface area contributed by atoms with E-state index in [1.54, 1.807) is 18.3 Å². The van der Waals surface area contributed by atoms with Gasteiger partial charge in [-0.2, -0.15) is 5.10 Å². The first-order valence-corrected chi connectivity index (χ1v) is 5.62. The molecule has 1 aromatic heterocycles. The second-order valence-electron chi connectivity index (χ2n) is 3.96. The van der Waals surface area contributed by atoms with Gasteiger partial charge in [0.1, 0.15) is 0 Å². The molecule has 1 heterocycles. The number of anilines is 1. The molecule has 2 rings (SSSR count). The van der Waals surface area contributed by atoms with Gasteiger partial charge in [-0.3, -0.25) is 5.10 Å². The number of methoxy groups -OCH3 is 1. The third-order valence-corrected chi connectivity index (χ3v) is 2.68. The van der Waals surface area contributed by atoms with Gasteiger partial charge in [-0.15, -0.1) is 0 Å². The fourth-order valence-corrected chi connectivity index (χ4v) is 1.68. The van der Waals surface area contributed by atoms with Crippen LogP contribution in [0.25, 0.3) is 0 Å². The maximum absolute atomic E-state index is 11.4. The standard InChI is InChI=1S/C13H15N3O2/c1-9-7-10(13(17)18-2)3-4-12(9)14-8-11-5-6-15-16-11/h3-7,14H,8H2,1-2H3,(H,15,16). The number of H-pyrrole nitrogens is 1. The Hall–Kier alpha value is -2.30. The van der Waals surface area contributed by atoms with Gasteiger partial charge in [0.2, 0.25) is 0 Å². The molecule has 0 aliphatic heterocycles. The van der Waals surface area contributed by atoms with Crippen molar-refractivity contribution < 1.29 is 9.53 Å². The van der Waals surface area contributed by atoms with E-state index in [2.05, 4.69) is 20.3 Å². The Bertz CT molecular complexity index is 535. The lowest BCUT2D eigenvalue weighted by atomic mass is 10.1. The van der Waals surface area contributed by atoms with Gasteiger partial charge in [0.15, 0.2) is 0 Å². The average molecular weight is 245 g/mol. The van der Waals surface area contributed by atoms with Crippen molar-refractivity contribution in [1.29, 1.82) is 0 Å². The van der Waals surface area contributed by atoms with Crippen LogP contribution in [0.4, 0.5) is 5.69 Å². The van der Waals surface area contributed by atoms with Crippen molar-refractivity contribution >= 4 is 11.7 Å². The molecule has 0 aliphatic carbocycles. The number of carbonyl (C=O) groups is 1. The summed E-state index contributed by atoms with van der Waals surface area (Å²) < 4.78 is 4.68. The zero-order chi connectivity index (χ0) is 13.0. The molecule has 0 fully saturated rings. The molecule has 0 radical (unpaired) electrons. The average Bonchev–Trinajstić information content (AvgIpc) is 2.89. The van der Waals surface area contributed by atoms with Gasteiger partial charge in [-0.25, -0.2) is 4.79 Å². The summed E-state index contributed by atoms with van der Waals surface area (Å²) in [5.41, 5.74) is 3.54. The van der Waals surface area contributed by atoms with Crippen molar-refractivity contribution in [2.75, 3.05) is 12.4 Å². The molecule has 5 nitrogen and oxygen atoms in total. The number of carbonyl (C=O) groups excluding carboxylic acids is 1. The topological polar surface area (TPSA) is 67.0 Å². The van der Waals surface area contributed by atoms with E-state index >= 15 is 0 Å². The quantitative estimate of drug-likeness (QED) is 0.810. The van der Waals surface area contributed by atoms with Crippen LogP contribution in [0.15, 0.2) is 30.5 Å². The van der Waals surface area contributed by atoms with Crippen LogP contribution in [0.5, 0.6) is 0 Å². The summed E-state index contributed by atoms with van der Waals surface area (Å²) in [4.78, 5) is 11.4. The van der Waals surface area contributed by atoms with Crippen molar-refractivity contribution in [3.63, 3.8) is 0 Å². The first-order chi connectivity index (χ1) is 8.70. The monoisotopic (exact) mass is 245 g/mol. The molecular formula is C13H15N3O2. The predicted molar refractivity (Wildman–Crippen MR) is 68.4 cm³/mol. The number of hydrogen-bond donors (Lipinski definition) is 2. The van der Waals surface area contributed by atoms with Crippen molar-refractivity contribution in [1.82, 2.24) is 10.2 Å². The molecule has 0 saturated heterocycles. The van der Waals surface area contributed by atoms with E-state index in [0.29, 0.717) is 12.1 Å². The molecule has 0 bridgehead atoms. The van der Waals surface area contributed by atoms with Crippen LogP contribution in [0.2, 0.25) is 0 Å². The highest BCUT2D eigenvalue weighted by atomic mass is 16.5. The van der Waals surface area contributed by atoms with E-state index in [4.69, 9.17) is 0 Å². The van der Waals surface area contributed by atoms with Crippen molar-refractivity contribution in [3.8, 4) is 0 Å². The smallest absolute Gasteiger partial charge is 0.337 e. The maximum Gasteiger partial charge on any atom is 0.337 e. The molecule has 0 atom stereocenters. The molecule has 2 aromatic rings. The molecule has 0 amide bonds. The van der Waals surface area contributed by atoms with E-state index in [9.17, 15) is 4.79 Å². The summed E-state index contributed by atoms with van der Waals surface area (Å²) in [6.07, 6.45) is 1.71. The van der Waals surface area contributed by atoms with Crippen molar-refractivity contribution in [2.45, 2.75) is 13.5 Å². The molecule has 1 aromatic carbocycles. The van der Waals surface area contributed by atoms with Crippen LogP contribution in [-0.2, 0) is 11.3 Å². The molecule has 0 unspecified atom stereocenters. The minimum atomic E-state index is -0.321. The van der Waals surface area contributed by atoms with E-state index in [1.807, 2.05) is 19.1 Å². The molecular weight excluding hydrogens is 230 g/mol. The first kappa shape index (κ1) is 12.2. The predicted octanol–water partition coefficient (Wildman–Crippen LogP) is 2.12. The van der Waals surface area contributed by atoms with Gasteiger partial charge in [0.05, 0.1) is 24.9 Å². The molecule has 94 valence electrons. The highest BCUT2D eigenvalue weighted by Crippen LogP contribution is 2.17. The van der Waals surface area contributed by atoms with Crippen LogP contribution < -0.4 is 5.32 Å². The second kappa shape index (κ2) is 5.35. The number of esters is 1. The van der Waals surface area contributed by atoms with Gasteiger partial charge < -0.3 is 10.1 Å². The number of nitrogens with one attached hydrogen (secondary N) is 2. The van der Waals surface area contributed by atoms with Gasteiger partial charge in [-0.05, 0) is 36.8 Å². The zero-order valence-corrected chi connectivity index (χ0v) is 10.4. The lowest BCUT2D eigenvalue weighted by Gasteiger charge is -2.09. The number of ether oxygens (including phenoxy) is 1. The zero-order valence-electron chi connectivity index (χ0n) is 10.4. The third-order valence-electron chi connectivity index (χ3n) is 2.68. The van der Waals surface area contributed by atoms with Crippen LogP contribution in [0.1, 0.15) is 21.6 Å². The molecule has 18 heavy (non-hydrogen) atoms. The Labute approximate surface area is 105 Å². The number of aromatic amines is 1. The Morgan fingerprint density at radius 3 is 2.89 bits per heavy atom. The number of aryl methyl sites for hydroxylation is 1. The fraction of sp³-hybridized carbons (Fsp3) is 0.231. The number of nitrogens with zero attached hydrogens (tertiary/aromatic N) is 1. The second-order valence-corrected chi connectivity index (χ2v) is 3.96. The third kappa shape index (κ3) is 2.68. The molecule has 2 N–H and O–H groups in total. The maximum atomic E-state index is 11.4. The summed E-state index contributed by atoms with van der Waals surface area (Å²) in [7, 11) is 1.38. The van der Waals surface area contributed by atoms with Crippen LogP contribution in [-0.4, -0.2) is 23.3 Å². The molecule has 5 heteroatoms. The summed E-state index contributed by atoms with van der Waals surface area (Å²) in [5.74, 6) is -0.321. The molecule has 0 spiro atoms. The van der Waals surface area contributed by atoms with Crippen LogP contribution >= 0.6 is 0 Å². The van der Waals surface area contributed by atoms with Gasteiger partial charge in [-0.1, -0.05) is 0 Å². The largest absolute Gasteiger partial charge is 0.465 e. The number of rotatable bonds is 4. The summed E-state index contributed by atoms with van der Waals surface area (Å²) in [6, 6.07) is 7.33. The Kier molecular flexibility index (Phi) is 3.62. The SMILES string of the molecule is COC(=O)c1ccc(NCc2ccn[nH]2)c(C)c1. The van der Waals surface area contributed by atoms with Gasteiger partial charge in [0, 0.05) is 11.9 Å². The normalized spacial score (nSPS) is 10.1. The minimum absolute atomic E-state index is 0.321. The Morgan fingerprint density at radius 2 is 2.28 bits per heavy atom. The number of aromatic nitrogens is 2. The Balaban J connectivity index is 2.08. The van der Waals surface area contributed by atoms with Crippen LogP contribution in [0, 0.1) is 6.92 Å². The van der Waals surface area contributed by atoms with E-state index < -0.39 is 0 Å². The first-order valence-electron chi connectivity index (χ1n) is 5.62. The summed E-state index contributed by atoms with van der Waals surface area (Å²) in [5, 5.41) is 10.0. The van der Waals surface area contributed by atoms with E-state index in [-0.39, 0.29) is 5.97 Å². The minimum Gasteiger partial charge on any atom is -0.465 e. The number of benzene rings is 1. The van der Waals surface area contributed by atoms with E-state index in [0.717, 1.165) is 16.9 Å². The molecule has 0 saturated carbocycles. The lowest BCUT2D eigenvalue weighted by Crippen LogP contribution is -2.05.